The van der Waals surface area contributed by atoms with Crippen LogP contribution in [-0.4, -0.2) is 41.4 Å². The molecule has 1 aliphatic carbocycles. The number of ether oxygens (including phenoxy) is 1. The van der Waals surface area contributed by atoms with E-state index in [-0.39, 0.29) is 5.78 Å². The first-order chi connectivity index (χ1) is 11.6. The van der Waals surface area contributed by atoms with Crippen molar-refractivity contribution < 1.29 is 9.53 Å². The molecule has 2 aromatic heterocycles. The number of methoxy groups -OCH3 is 1. The van der Waals surface area contributed by atoms with Gasteiger partial charge in [0.05, 0.1) is 13.7 Å². The first-order valence-corrected chi connectivity index (χ1v) is 8.15. The number of aryl methyl sites for hydroxylation is 2. The monoisotopic (exact) mass is 326 g/mol. The average molecular weight is 326 g/mol. The van der Waals surface area contributed by atoms with Crippen molar-refractivity contribution in [3.05, 3.63) is 41.0 Å². The molecule has 2 heterocycles. The van der Waals surface area contributed by atoms with Gasteiger partial charge < -0.3 is 9.64 Å². The molecule has 0 aromatic carbocycles. The van der Waals surface area contributed by atoms with Gasteiger partial charge in [-0.25, -0.2) is 15.0 Å². The number of aromatic nitrogens is 3. The second kappa shape index (κ2) is 6.95. The summed E-state index contributed by atoms with van der Waals surface area (Å²) in [5.41, 5.74) is 3.22. The normalized spacial score (nSPS) is 12.8. The van der Waals surface area contributed by atoms with E-state index in [4.69, 9.17) is 4.74 Å². The molecule has 0 bridgehead atoms. The van der Waals surface area contributed by atoms with Crippen LogP contribution in [0.2, 0.25) is 0 Å². The fourth-order valence-corrected chi connectivity index (χ4v) is 3.11. The van der Waals surface area contributed by atoms with Crippen LogP contribution in [-0.2, 0) is 24.1 Å². The SMILES string of the molecule is COc1ccc(CC(=O)CN(C)c2nc(C)nc3c2CCC3)cn1. The first kappa shape index (κ1) is 16.4. The first-order valence-electron chi connectivity index (χ1n) is 8.15. The van der Waals surface area contributed by atoms with Crippen LogP contribution < -0.4 is 9.64 Å². The summed E-state index contributed by atoms with van der Waals surface area (Å²) < 4.78 is 5.03. The highest BCUT2D eigenvalue weighted by atomic mass is 16.5. The molecule has 126 valence electrons. The summed E-state index contributed by atoms with van der Waals surface area (Å²) in [4.78, 5) is 27.6. The molecular formula is C18H22N4O2. The second-order valence-corrected chi connectivity index (χ2v) is 6.15. The molecule has 3 rings (SSSR count). The molecule has 0 saturated heterocycles. The van der Waals surface area contributed by atoms with Gasteiger partial charge in [-0.1, -0.05) is 6.07 Å². The predicted octanol–water partition coefficient (Wildman–Crippen LogP) is 1.93. The summed E-state index contributed by atoms with van der Waals surface area (Å²) in [6, 6.07) is 3.64. The Balaban J connectivity index is 1.68. The van der Waals surface area contributed by atoms with E-state index in [0.29, 0.717) is 18.8 Å². The van der Waals surface area contributed by atoms with Gasteiger partial charge in [-0.3, -0.25) is 4.79 Å². The Morgan fingerprint density at radius 3 is 2.83 bits per heavy atom. The molecule has 0 atom stereocenters. The maximum atomic E-state index is 12.4. The predicted molar refractivity (Wildman–Crippen MR) is 91.6 cm³/mol. The smallest absolute Gasteiger partial charge is 0.212 e. The van der Waals surface area contributed by atoms with E-state index < -0.39 is 0 Å². The van der Waals surface area contributed by atoms with Crippen molar-refractivity contribution in [1.82, 2.24) is 15.0 Å². The standard InChI is InChI=1S/C18H22N4O2/c1-12-20-16-6-4-5-15(16)18(21-12)22(2)11-14(23)9-13-7-8-17(24-3)19-10-13/h7-8,10H,4-6,9,11H2,1-3H3. The van der Waals surface area contributed by atoms with Crippen LogP contribution in [0, 0.1) is 6.92 Å². The van der Waals surface area contributed by atoms with E-state index >= 15 is 0 Å². The lowest BCUT2D eigenvalue weighted by atomic mass is 10.1. The quantitative estimate of drug-likeness (QED) is 0.808. The van der Waals surface area contributed by atoms with Gasteiger partial charge in [0.15, 0.2) is 5.78 Å². The van der Waals surface area contributed by atoms with Crippen molar-refractivity contribution in [3.63, 3.8) is 0 Å². The van der Waals surface area contributed by atoms with Crippen LogP contribution in [0.1, 0.15) is 29.1 Å². The number of nitrogens with zero attached hydrogens (tertiary/aromatic N) is 4. The van der Waals surface area contributed by atoms with E-state index in [1.807, 2.05) is 24.9 Å². The Morgan fingerprint density at radius 1 is 1.29 bits per heavy atom. The Bertz CT molecular complexity index is 743. The fourth-order valence-electron chi connectivity index (χ4n) is 3.11. The molecule has 24 heavy (non-hydrogen) atoms. The summed E-state index contributed by atoms with van der Waals surface area (Å²) in [6.45, 7) is 2.23. The van der Waals surface area contributed by atoms with Crippen LogP contribution in [0.25, 0.3) is 0 Å². The van der Waals surface area contributed by atoms with Crippen molar-refractivity contribution in [2.75, 3.05) is 25.6 Å². The van der Waals surface area contributed by atoms with Gasteiger partial charge in [0.25, 0.3) is 0 Å². The molecule has 0 spiro atoms. The van der Waals surface area contributed by atoms with Crippen molar-refractivity contribution in [3.8, 4) is 5.88 Å². The number of hydrogen-bond donors (Lipinski definition) is 0. The number of carbonyl (C=O) groups excluding carboxylic acids is 1. The number of carbonyl (C=O) groups is 1. The lowest BCUT2D eigenvalue weighted by Crippen LogP contribution is -2.28. The Labute approximate surface area is 141 Å². The minimum Gasteiger partial charge on any atom is -0.481 e. The number of likely N-dealkylation sites (N-methyl/N-ethyl adjacent to an activating group) is 1. The number of Topliss-reactive ketones (excluding diaryl/α,β-unsaturated/α-hetero) is 1. The lowest BCUT2D eigenvalue weighted by Gasteiger charge is -2.20. The van der Waals surface area contributed by atoms with Gasteiger partial charge in [-0.15, -0.1) is 0 Å². The summed E-state index contributed by atoms with van der Waals surface area (Å²) in [7, 11) is 3.49. The highest BCUT2D eigenvalue weighted by Crippen LogP contribution is 2.28. The van der Waals surface area contributed by atoms with Crippen LogP contribution >= 0.6 is 0 Å². The summed E-state index contributed by atoms with van der Waals surface area (Å²) in [5.74, 6) is 2.35. The molecule has 0 radical (unpaired) electrons. The zero-order valence-electron chi connectivity index (χ0n) is 14.4. The Hall–Kier alpha value is -2.50. The summed E-state index contributed by atoms with van der Waals surface area (Å²) >= 11 is 0. The third kappa shape index (κ3) is 3.53. The molecule has 2 aromatic rings. The number of ketones is 1. The fraction of sp³-hybridized carbons (Fsp3) is 0.444. The summed E-state index contributed by atoms with van der Waals surface area (Å²) in [5, 5.41) is 0. The van der Waals surface area contributed by atoms with E-state index in [1.165, 1.54) is 5.56 Å². The maximum Gasteiger partial charge on any atom is 0.212 e. The van der Waals surface area contributed by atoms with Crippen molar-refractivity contribution in [1.29, 1.82) is 0 Å². The molecule has 0 saturated carbocycles. The van der Waals surface area contributed by atoms with E-state index in [1.54, 1.807) is 19.4 Å². The van der Waals surface area contributed by atoms with Crippen LogP contribution in [0.3, 0.4) is 0 Å². The van der Waals surface area contributed by atoms with Gasteiger partial charge in [0.2, 0.25) is 5.88 Å². The van der Waals surface area contributed by atoms with E-state index in [2.05, 4.69) is 15.0 Å². The van der Waals surface area contributed by atoms with Gasteiger partial charge >= 0.3 is 0 Å². The lowest BCUT2D eigenvalue weighted by molar-refractivity contribution is -0.117. The number of fused-ring (bicyclic) bond motifs is 1. The Kier molecular flexibility index (Phi) is 4.74. The van der Waals surface area contributed by atoms with Gasteiger partial charge in [0.1, 0.15) is 11.6 Å². The van der Waals surface area contributed by atoms with Crippen molar-refractivity contribution in [2.45, 2.75) is 32.6 Å². The van der Waals surface area contributed by atoms with E-state index in [0.717, 1.165) is 42.2 Å². The molecule has 0 amide bonds. The number of hydrogen-bond acceptors (Lipinski definition) is 6. The maximum absolute atomic E-state index is 12.4. The second-order valence-electron chi connectivity index (χ2n) is 6.15. The number of anilines is 1. The van der Waals surface area contributed by atoms with Gasteiger partial charge in [0, 0.05) is 37.0 Å². The van der Waals surface area contributed by atoms with Gasteiger partial charge in [-0.2, -0.15) is 0 Å². The molecule has 6 heteroatoms. The van der Waals surface area contributed by atoms with Gasteiger partial charge in [-0.05, 0) is 31.7 Å². The third-order valence-electron chi connectivity index (χ3n) is 4.21. The number of pyridine rings is 1. The van der Waals surface area contributed by atoms with Crippen LogP contribution in [0.5, 0.6) is 5.88 Å². The van der Waals surface area contributed by atoms with Crippen molar-refractivity contribution >= 4 is 11.6 Å². The zero-order chi connectivity index (χ0) is 17.1. The highest BCUT2D eigenvalue weighted by Gasteiger charge is 2.21. The minimum absolute atomic E-state index is 0.132. The highest BCUT2D eigenvalue weighted by molar-refractivity contribution is 5.85. The topological polar surface area (TPSA) is 68.2 Å². The molecule has 0 N–H and O–H groups in total. The Morgan fingerprint density at radius 2 is 2.12 bits per heavy atom. The number of rotatable bonds is 6. The minimum atomic E-state index is 0.132. The van der Waals surface area contributed by atoms with Crippen LogP contribution in [0.4, 0.5) is 5.82 Å². The molecular weight excluding hydrogens is 304 g/mol. The molecule has 6 nitrogen and oxygen atoms in total. The molecule has 0 unspecified atom stereocenters. The third-order valence-corrected chi connectivity index (χ3v) is 4.21. The van der Waals surface area contributed by atoms with Crippen LogP contribution in [0.15, 0.2) is 18.3 Å². The largest absolute Gasteiger partial charge is 0.481 e. The molecule has 0 fully saturated rings. The summed E-state index contributed by atoms with van der Waals surface area (Å²) in [6.07, 6.45) is 5.15. The molecule has 0 aliphatic heterocycles. The van der Waals surface area contributed by atoms with Crippen molar-refractivity contribution in [2.24, 2.45) is 0 Å². The molecule has 1 aliphatic rings. The zero-order valence-corrected chi connectivity index (χ0v) is 14.4. The average Bonchev–Trinajstić information content (AvgIpc) is 3.02. The van der Waals surface area contributed by atoms with E-state index in [9.17, 15) is 4.79 Å².